The van der Waals surface area contributed by atoms with Gasteiger partial charge in [0.05, 0.1) is 0 Å². The monoisotopic (exact) mass is 299 g/mol. The number of rotatable bonds is 11. The molecule has 0 aromatic heterocycles. The van der Waals surface area contributed by atoms with Crippen LogP contribution in [0.3, 0.4) is 0 Å². The van der Waals surface area contributed by atoms with Gasteiger partial charge in [0.1, 0.15) is 5.54 Å². The number of carbonyl (C=O) groups is 1. The number of nitrogens with zero attached hydrogens (tertiary/aromatic N) is 2. The van der Waals surface area contributed by atoms with E-state index >= 15 is 0 Å². The molecule has 0 aromatic carbocycles. The van der Waals surface area contributed by atoms with Gasteiger partial charge in [-0.25, -0.2) is 0 Å². The molecule has 1 fully saturated rings. The standard InChI is InChI=1S/C16H33N3O2/c1-4-16(15(20)21,17-5-2)9-8-10-18(3)13-14-19-11-6-7-12-19/h17H,4-14H2,1-3H3,(H,20,21). The maximum Gasteiger partial charge on any atom is 0.323 e. The lowest BCUT2D eigenvalue weighted by Gasteiger charge is -2.30. The lowest BCUT2D eigenvalue weighted by atomic mass is 9.90. The fourth-order valence-electron chi connectivity index (χ4n) is 3.14. The van der Waals surface area contributed by atoms with Crippen LogP contribution in [0.4, 0.5) is 0 Å². The van der Waals surface area contributed by atoms with Crippen LogP contribution in [0.5, 0.6) is 0 Å². The average molecular weight is 299 g/mol. The summed E-state index contributed by atoms with van der Waals surface area (Å²) in [5.41, 5.74) is -0.745. The highest BCUT2D eigenvalue weighted by Crippen LogP contribution is 2.18. The molecule has 0 aliphatic carbocycles. The normalized spacial score (nSPS) is 19.0. The second-order valence-corrected chi connectivity index (χ2v) is 6.23. The van der Waals surface area contributed by atoms with E-state index in [9.17, 15) is 9.90 Å². The summed E-state index contributed by atoms with van der Waals surface area (Å²) in [5, 5.41) is 12.7. The molecule has 1 atom stereocenters. The number of carboxylic acid groups (broad SMARTS) is 1. The molecule has 1 aliphatic rings. The fraction of sp³-hybridized carbons (Fsp3) is 0.938. The first-order chi connectivity index (χ1) is 10.0. The first-order valence-electron chi connectivity index (χ1n) is 8.43. The van der Waals surface area contributed by atoms with E-state index in [4.69, 9.17) is 0 Å². The number of carboxylic acids is 1. The Balaban J connectivity index is 2.27. The lowest BCUT2D eigenvalue weighted by Crippen LogP contribution is -2.51. The third-order valence-corrected chi connectivity index (χ3v) is 4.67. The first-order valence-corrected chi connectivity index (χ1v) is 8.43. The summed E-state index contributed by atoms with van der Waals surface area (Å²) in [6, 6.07) is 0. The van der Waals surface area contributed by atoms with E-state index in [1.165, 1.54) is 25.9 Å². The summed E-state index contributed by atoms with van der Waals surface area (Å²) in [5.74, 6) is -0.716. The van der Waals surface area contributed by atoms with E-state index in [0.717, 1.165) is 26.1 Å². The van der Waals surface area contributed by atoms with Crippen LogP contribution in [-0.2, 0) is 4.79 Å². The van der Waals surface area contributed by atoms with Crippen molar-refractivity contribution in [1.82, 2.24) is 15.1 Å². The maximum absolute atomic E-state index is 11.5. The average Bonchev–Trinajstić information content (AvgIpc) is 2.97. The van der Waals surface area contributed by atoms with E-state index in [0.29, 0.717) is 19.4 Å². The van der Waals surface area contributed by atoms with E-state index < -0.39 is 11.5 Å². The molecule has 0 amide bonds. The molecular formula is C16H33N3O2. The molecular weight excluding hydrogens is 266 g/mol. The van der Waals surface area contributed by atoms with Gasteiger partial charge in [-0.15, -0.1) is 0 Å². The van der Waals surface area contributed by atoms with Crippen LogP contribution < -0.4 is 5.32 Å². The molecule has 21 heavy (non-hydrogen) atoms. The van der Waals surface area contributed by atoms with Gasteiger partial charge in [0.25, 0.3) is 0 Å². The van der Waals surface area contributed by atoms with Gasteiger partial charge in [0.15, 0.2) is 0 Å². The summed E-state index contributed by atoms with van der Waals surface area (Å²) in [4.78, 5) is 16.4. The van der Waals surface area contributed by atoms with Gasteiger partial charge >= 0.3 is 5.97 Å². The van der Waals surface area contributed by atoms with Crippen molar-refractivity contribution in [3.63, 3.8) is 0 Å². The molecule has 1 unspecified atom stereocenters. The first kappa shape index (κ1) is 18.4. The zero-order valence-electron chi connectivity index (χ0n) is 14.0. The van der Waals surface area contributed by atoms with Gasteiger partial charge < -0.3 is 20.2 Å². The highest BCUT2D eigenvalue weighted by molar-refractivity contribution is 5.78. The van der Waals surface area contributed by atoms with E-state index in [1.54, 1.807) is 0 Å². The molecule has 5 heteroatoms. The smallest absolute Gasteiger partial charge is 0.323 e. The number of likely N-dealkylation sites (N-methyl/N-ethyl adjacent to an activating group) is 2. The zero-order valence-corrected chi connectivity index (χ0v) is 14.0. The highest BCUT2D eigenvalue weighted by atomic mass is 16.4. The summed E-state index contributed by atoms with van der Waals surface area (Å²) in [7, 11) is 2.14. The second kappa shape index (κ2) is 9.38. The number of hydrogen-bond acceptors (Lipinski definition) is 4. The molecule has 0 bridgehead atoms. The SMILES string of the molecule is CCNC(CC)(CCCN(C)CCN1CCCC1)C(=O)O. The Morgan fingerprint density at radius 2 is 1.95 bits per heavy atom. The Morgan fingerprint density at radius 1 is 1.29 bits per heavy atom. The van der Waals surface area contributed by atoms with Crippen molar-refractivity contribution >= 4 is 5.97 Å². The minimum absolute atomic E-state index is 0.633. The van der Waals surface area contributed by atoms with E-state index in [-0.39, 0.29) is 0 Å². The molecule has 2 N–H and O–H groups in total. The number of likely N-dealkylation sites (tertiary alicyclic amines) is 1. The molecule has 1 heterocycles. The van der Waals surface area contributed by atoms with E-state index in [1.807, 2.05) is 13.8 Å². The third kappa shape index (κ3) is 5.93. The van der Waals surface area contributed by atoms with Crippen molar-refractivity contribution in [3.8, 4) is 0 Å². The van der Waals surface area contributed by atoms with Crippen LogP contribution in [0.2, 0.25) is 0 Å². The highest BCUT2D eigenvalue weighted by Gasteiger charge is 2.34. The molecule has 1 saturated heterocycles. The Bertz CT molecular complexity index is 306. The molecule has 124 valence electrons. The minimum atomic E-state index is -0.745. The summed E-state index contributed by atoms with van der Waals surface area (Å²) >= 11 is 0. The molecule has 0 aromatic rings. The minimum Gasteiger partial charge on any atom is -0.480 e. The number of aliphatic carboxylic acids is 1. The summed E-state index contributed by atoms with van der Waals surface area (Å²) in [6.45, 7) is 10.3. The van der Waals surface area contributed by atoms with Crippen molar-refractivity contribution in [3.05, 3.63) is 0 Å². The Hall–Kier alpha value is -0.650. The van der Waals surface area contributed by atoms with Crippen LogP contribution in [0.1, 0.15) is 46.0 Å². The van der Waals surface area contributed by atoms with Gasteiger partial charge in [-0.05, 0) is 65.3 Å². The molecule has 5 nitrogen and oxygen atoms in total. The van der Waals surface area contributed by atoms with Gasteiger partial charge in [-0.2, -0.15) is 0 Å². The van der Waals surface area contributed by atoms with Crippen molar-refractivity contribution in [2.24, 2.45) is 0 Å². The summed E-state index contributed by atoms with van der Waals surface area (Å²) in [6.07, 6.45) is 4.92. The molecule has 1 rings (SSSR count). The lowest BCUT2D eigenvalue weighted by molar-refractivity contribution is -0.145. The van der Waals surface area contributed by atoms with E-state index in [2.05, 4.69) is 22.2 Å². The predicted molar refractivity (Wildman–Crippen MR) is 86.7 cm³/mol. The second-order valence-electron chi connectivity index (χ2n) is 6.23. The topological polar surface area (TPSA) is 55.8 Å². The van der Waals surface area contributed by atoms with Crippen LogP contribution in [0.25, 0.3) is 0 Å². The Kier molecular flexibility index (Phi) is 8.22. The molecule has 0 radical (unpaired) electrons. The largest absolute Gasteiger partial charge is 0.480 e. The van der Waals surface area contributed by atoms with Crippen LogP contribution in [-0.4, -0.2) is 72.7 Å². The molecule has 0 spiro atoms. The fourth-order valence-corrected chi connectivity index (χ4v) is 3.14. The van der Waals surface area contributed by atoms with Crippen LogP contribution in [0, 0.1) is 0 Å². The van der Waals surface area contributed by atoms with Gasteiger partial charge in [-0.1, -0.05) is 13.8 Å². The quantitative estimate of drug-likeness (QED) is 0.607. The van der Waals surface area contributed by atoms with Gasteiger partial charge in [-0.3, -0.25) is 4.79 Å². The molecule has 1 aliphatic heterocycles. The van der Waals surface area contributed by atoms with Crippen LogP contribution in [0.15, 0.2) is 0 Å². The third-order valence-electron chi connectivity index (χ3n) is 4.67. The number of nitrogens with one attached hydrogen (secondary N) is 1. The van der Waals surface area contributed by atoms with Crippen molar-refractivity contribution in [1.29, 1.82) is 0 Å². The predicted octanol–water partition coefficient (Wildman–Crippen LogP) is 1.64. The zero-order chi connectivity index (χ0) is 15.7. The number of hydrogen-bond donors (Lipinski definition) is 2. The van der Waals surface area contributed by atoms with Crippen molar-refractivity contribution in [2.75, 3.05) is 46.3 Å². The molecule has 0 saturated carbocycles. The maximum atomic E-state index is 11.5. The van der Waals surface area contributed by atoms with Crippen LogP contribution >= 0.6 is 0 Å². The Morgan fingerprint density at radius 3 is 2.48 bits per heavy atom. The Labute approximate surface area is 129 Å². The van der Waals surface area contributed by atoms with Gasteiger partial charge in [0, 0.05) is 13.1 Å². The van der Waals surface area contributed by atoms with Gasteiger partial charge in [0.2, 0.25) is 0 Å². The van der Waals surface area contributed by atoms with Crippen molar-refractivity contribution < 1.29 is 9.90 Å². The summed E-state index contributed by atoms with van der Waals surface area (Å²) < 4.78 is 0. The van der Waals surface area contributed by atoms with Crippen molar-refractivity contribution in [2.45, 2.75) is 51.5 Å².